The molecular weight excluding hydrogens is 294 g/mol. The maximum Gasteiger partial charge on any atom is 0.263 e. The molecule has 0 aliphatic rings. The molecular formula is C15H18ClNO2S. The number of aliphatic hydroxyl groups is 1. The predicted octanol–water partition coefficient (Wildman–Crippen LogP) is 3.69. The smallest absolute Gasteiger partial charge is 0.263 e. The summed E-state index contributed by atoms with van der Waals surface area (Å²) in [4.78, 5) is 12.7. The zero-order chi connectivity index (χ0) is 14.9. The summed E-state index contributed by atoms with van der Waals surface area (Å²) < 4.78 is 0.985. The summed E-state index contributed by atoms with van der Waals surface area (Å²) in [6.07, 6.45) is 0. The Labute approximate surface area is 127 Å². The minimum atomic E-state index is -0.932. The fourth-order valence-electron chi connectivity index (χ4n) is 1.70. The van der Waals surface area contributed by atoms with E-state index in [0.29, 0.717) is 9.90 Å². The van der Waals surface area contributed by atoms with Crippen LogP contribution >= 0.6 is 22.9 Å². The molecule has 20 heavy (non-hydrogen) atoms. The van der Waals surface area contributed by atoms with Gasteiger partial charge in [-0.15, -0.1) is 11.3 Å². The van der Waals surface area contributed by atoms with Crippen LogP contribution in [0.25, 0.3) is 10.1 Å². The highest BCUT2D eigenvalue weighted by molar-refractivity contribution is 7.21. The molecule has 2 rings (SSSR count). The van der Waals surface area contributed by atoms with Crippen molar-refractivity contribution in [2.75, 3.05) is 6.54 Å². The minimum absolute atomic E-state index is 0.0562. The van der Waals surface area contributed by atoms with Gasteiger partial charge in [0.25, 0.3) is 5.91 Å². The van der Waals surface area contributed by atoms with Gasteiger partial charge in [0.2, 0.25) is 0 Å². The summed E-state index contributed by atoms with van der Waals surface area (Å²) in [7, 11) is 0. The van der Waals surface area contributed by atoms with Crippen LogP contribution < -0.4 is 5.32 Å². The summed E-state index contributed by atoms with van der Waals surface area (Å²) in [5.41, 5.74) is -0.932. The van der Waals surface area contributed by atoms with E-state index in [4.69, 9.17) is 11.6 Å². The van der Waals surface area contributed by atoms with Crippen LogP contribution in [0.15, 0.2) is 24.3 Å². The van der Waals surface area contributed by atoms with Gasteiger partial charge in [-0.25, -0.2) is 0 Å². The van der Waals surface area contributed by atoms with E-state index in [9.17, 15) is 9.90 Å². The number of thiophene rings is 1. The van der Waals surface area contributed by atoms with Crippen LogP contribution in [0.4, 0.5) is 0 Å². The third kappa shape index (κ3) is 2.97. The Kier molecular flexibility index (Phi) is 4.37. The van der Waals surface area contributed by atoms with E-state index in [1.54, 1.807) is 6.92 Å². The molecule has 2 N–H and O–H groups in total. The van der Waals surface area contributed by atoms with E-state index in [-0.39, 0.29) is 18.4 Å². The normalized spacial score (nSPS) is 14.5. The van der Waals surface area contributed by atoms with Gasteiger partial charge in [0.15, 0.2) is 0 Å². The number of nitrogens with one attached hydrogen (secondary N) is 1. The van der Waals surface area contributed by atoms with Crippen molar-refractivity contribution in [3.05, 3.63) is 34.2 Å². The van der Waals surface area contributed by atoms with Crippen LogP contribution in [0, 0.1) is 5.92 Å². The standard InChI is InChI=1S/C15H18ClNO2S/c1-9(2)15(3,19)8-17-14(18)13-12(16)10-6-4-5-7-11(10)20-13/h4-7,9,19H,8H2,1-3H3,(H,17,18). The number of fused-ring (bicyclic) bond motifs is 1. The maximum absolute atomic E-state index is 12.2. The minimum Gasteiger partial charge on any atom is -0.388 e. The number of carbonyl (C=O) groups excluding carboxylic acids is 1. The molecule has 0 spiro atoms. The van der Waals surface area contributed by atoms with Crippen molar-refractivity contribution in [1.29, 1.82) is 0 Å². The molecule has 0 saturated heterocycles. The zero-order valence-electron chi connectivity index (χ0n) is 11.7. The molecule has 1 aromatic carbocycles. The number of benzene rings is 1. The summed E-state index contributed by atoms with van der Waals surface area (Å²) in [6.45, 7) is 5.75. The van der Waals surface area contributed by atoms with E-state index >= 15 is 0 Å². The van der Waals surface area contributed by atoms with Gasteiger partial charge >= 0.3 is 0 Å². The number of hydrogen-bond acceptors (Lipinski definition) is 3. The Morgan fingerprint density at radius 1 is 1.45 bits per heavy atom. The average Bonchev–Trinajstić information content (AvgIpc) is 2.74. The van der Waals surface area contributed by atoms with Gasteiger partial charge in [-0.05, 0) is 18.9 Å². The first-order valence-electron chi connectivity index (χ1n) is 6.50. The van der Waals surface area contributed by atoms with E-state index in [2.05, 4.69) is 5.32 Å². The summed E-state index contributed by atoms with van der Waals surface area (Å²) in [5.74, 6) is -0.183. The van der Waals surface area contributed by atoms with Crippen LogP contribution in [0.5, 0.6) is 0 Å². The molecule has 1 aromatic heterocycles. The second kappa shape index (κ2) is 5.72. The third-order valence-corrected chi connectivity index (χ3v) is 5.27. The van der Waals surface area contributed by atoms with E-state index in [1.165, 1.54) is 11.3 Å². The number of carbonyl (C=O) groups is 1. The third-order valence-electron chi connectivity index (χ3n) is 3.59. The van der Waals surface area contributed by atoms with Gasteiger partial charge in [0, 0.05) is 16.6 Å². The highest BCUT2D eigenvalue weighted by atomic mass is 35.5. The molecule has 1 heterocycles. The Balaban J connectivity index is 2.18. The van der Waals surface area contributed by atoms with Gasteiger partial charge in [0.1, 0.15) is 4.88 Å². The maximum atomic E-state index is 12.2. The number of rotatable bonds is 4. The van der Waals surface area contributed by atoms with Gasteiger partial charge in [0.05, 0.1) is 10.6 Å². The Bertz CT molecular complexity index is 634. The average molecular weight is 312 g/mol. The highest BCUT2D eigenvalue weighted by Gasteiger charge is 2.26. The second-order valence-electron chi connectivity index (χ2n) is 5.44. The molecule has 0 bridgehead atoms. The van der Waals surface area contributed by atoms with E-state index in [0.717, 1.165) is 10.1 Å². The number of amides is 1. The first kappa shape index (κ1) is 15.3. The molecule has 2 aromatic rings. The monoisotopic (exact) mass is 311 g/mol. The van der Waals surface area contributed by atoms with Crippen LogP contribution in [0.3, 0.4) is 0 Å². The molecule has 1 atom stereocenters. The fraction of sp³-hybridized carbons (Fsp3) is 0.400. The van der Waals surface area contributed by atoms with Gasteiger partial charge in [-0.2, -0.15) is 0 Å². The SMILES string of the molecule is CC(C)C(C)(O)CNC(=O)c1sc2ccccc2c1Cl. The van der Waals surface area contributed by atoms with Crippen LogP contribution in [0.1, 0.15) is 30.4 Å². The van der Waals surface area contributed by atoms with Crippen molar-refractivity contribution >= 4 is 38.9 Å². The highest BCUT2D eigenvalue weighted by Crippen LogP contribution is 2.35. The molecule has 0 saturated carbocycles. The zero-order valence-corrected chi connectivity index (χ0v) is 13.3. The summed E-state index contributed by atoms with van der Waals surface area (Å²) in [5, 5.41) is 14.3. The molecule has 0 radical (unpaired) electrons. The molecule has 0 fully saturated rings. The van der Waals surface area contributed by atoms with Crippen LogP contribution in [-0.2, 0) is 0 Å². The lowest BCUT2D eigenvalue weighted by atomic mass is 9.92. The van der Waals surface area contributed by atoms with Crippen molar-refractivity contribution in [2.45, 2.75) is 26.4 Å². The lowest BCUT2D eigenvalue weighted by molar-refractivity contribution is 0.0143. The van der Waals surface area contributed by atoms with Crippen molar-refractivity contribution in [2.24, 2.45) is 5.92 Å². The number of hydrogen-bond donors (Lipinski definition) is 2. The Morgan fingerprint density at radius 3 is 2.70 bits per heavy atom. The van der Waals surface area contributed by atoms with Crippen molar-refractivity contribution in [1.82, 2.24) is 5.32 Å². The van der Waals surface area contributed by atoms with Gasteiger partial charge < -0.3 is 10.4 Å². The lowest BCUT2D eigenvalue weighted by Crippen LogP contribution is -2.44. The van der Waals surface area contributed by atoms with Gasteiger partial charge in [-0.1, -0.05) is 43.6 Å². The topological polar surface area (TPSA) is 49.3 Å². The fourth-order valence-corrected chi connectivity index (χ4v) is 3.14. The molecule has 0 aliphatic heterocycles. The molecule has 0 aliphatic carbocycles. The van der Waals surface area contributed by atoms with Crippen LogP contribution in [0.2, 0.25) is 5.02 Å². The van der Waals surface area contributed by atoms with Crippen LogP contribution in [-0.4, -0.2) is 23.2 Å². The summed E-state index contributed by atoms with van der Waals surface area (Å²) in [6, 6.07) is 7.65. The van der Waals surface area contributed by atoms with E-state index < -0.39 is 5.60 Å². The lowest BCUT2D eigenvalue weighted by Gasteiger charge is -2.27. The summed E-state index contributed by atoms with van der Waals surface area (Å²) >= 11 is 7.62. The largest absolute Gasteiger partial charge is 0.388 e. The van der Waals surface area contributed by atoms with Gasteiger partial charge in [-0.3, -0.25) is 4.79 Å². The van der Waals surface area contributed by atoms with Crippen molar-refractivity contribution in [3.8, 4) is 0 Å². The first-order valence-corrected chi connectivity index (χ1v) is 7.70. The Hall–Kier alpha value is -1.10. The van der Waals surface area contributed by atoms with Crippen molar-refractivity contribution in [3.63, 3.8) is 0 Å². The molecule has 1 unspecified atom stereocenters. The second-order valence-corrected chi connectivity index (χ2v) is 6.87. The molecule has 5 heteroatoms. The first-order chi connectivity index (χ1) is 9.33. The number of halogens is 1. The molecule has 1 amide bonds. The van der Waals surface area contributed by atoms with E-state index in [1.807, 2.05) is 38.1 Å². The van der Waals surface area contributed by atoms with Crippen molar-refractivity contribution < 1.29 is 9.90 Å². The Morgan fingerprint density at radius 2 is 2.10 bits per heavy atom. The molecule has 108 valence electrons. The molecule has 3 nitrogen and oxygen atoms in total. The quantitative estimate of drug-likeness (QED) is 0.904. The predicted molar refractivity (Wildman–Crippen MR) is 84.6 cm³/mol.